The maximum absolute atomic E-state index is 13.6. The van der Waals surface area contributed by atoms with Gasteiger partial charge in [-0.25, -0.2) is 0 Å². The van der Waals surface area contributed by atoms with Gasteiger partial charge in [-0.3, -0.25) is 14.4 Å². The smallest absolute Gasteiger partial charge is 0.246 e. The average Bonchev–Trinajstić information content (AvgIpc) is 3.28. The minimum atomic E-state index is -1.07. The summed E-state index contributed by atoms with van der Waals surface area (Å²) in [4.78, 5) is 41.8. The summed E-state index contributed by atoms with van der Waals surface area (Å²) >= 11 is 0. The molecule has 0 radical (unpaired) electrons. The molecule has 1 aliphatic carbocycles. The Bertz CT molecular complexity index is 765. The second-order valence-corrected chi connectivity index (χ2v) is 10.6. The molecule has 4 aliphatic rings. The summed E-state index contributed by atoms with van der Waals surface area (Å²) < 4.78 is 6.31. The van der Waals surface area contributed by atoms with Gasteiger partial charge in [-0.05, 0) is 47.5 Å². The van der Waals surface area contributed by atoms with Crippen molar-refractivity contribution in [3.63, 3.8) is 0 Å². The summed E-state index contributed by atoms with van der Waals surface area (Å²) in [6.45, 7) is 9.56. The molecule has 0 aromatic rings. The zero-order valence-electron chi connectivity index (χ0n) is 18.7. The van der Waals surface area contributed by atoms with Gasteiger partial charge < -0.3 is 20.3 Å². The number of carbonyl (C=O) groups is 3. The van der Waals surface area contributed by atoms with E-state index in [1.165, 1.54) is 6.42 Å². The highest BCUT2D eigenvalue weighted by Gasteiger charge is 2.73. The van der Waals surface area contributed by atoms with E-state index in [1.54, 1.807) is 4.90 Å². The summed E-state index contributed by atoms with van der Waals surface area (Å²) in [5, 5.41) is 6.20. The van der Waals surface area contributed by atoms with Gasteiger partial charge in [0.05, 0.1) is 17.9 Å². The number of hydrogen-bond donors (Lipinski definition) is 2. The zero-order valence-corrected chi connectivity index (χ0v) is 18.7. The summed E-state index contributed by atoms with van der Waals surface area (Å²) in [5.74, 6) is -1.75. The second-order valence-electron chi connectivity index (χ2n) is 10.6. The van der Waals surface area contributed by atoms with Crippen molar-refractivity contribution in [2.75, 3.05) is 0 Å². The van der Waals surface area contributed by atoms with Crippen molar-refractivity contribution in [1.29, 1.82) is 0 Å². The monoisotopic (exact) mass is 417 g/mol. The number of fused-ring (bicyclic) bond motifs is 1. The lowest BCUT2D eigenvalue weighted by atomic mass is 9.74. The summed E-state index contributed by atoms with van der Waals surface area (Å²) in [7, 11) is 0. The Morgan fingerprint density at radius 2 is 1.83 bits per heavy atom. The van der Waals surface area contributed by atoms with Crippen LogP contribution in [0.25, 0.3) is 0 Å². The fourth-order valence-corrected chi connectivity index (χ4v) is 5.74. The van der Waals surface area contributed by atoms with Crippen LogP contribution in [0.15, 0.2) is 12.2 Å². The predicted octanol–water partition coefficient (Wildman–Crippen LogP) is 1.91. The first-order valence-electron chi connectivity index (χ1n) is 11.4. The largest absolute Gasteiger partial charge is 0.359 e. The van der Waals surface area contributed by atoms with Gasteiger partial charge in [0.15, 0.2) is 0 Å². The molecule has 3 heterocycles. The van der Waals surface area contributed by atoms with E-state index in [9.17, 15) is 14.4 Å². The number of rotatable bonds is 4. The van der Waals surface area contributed by atoms with E-state index in [0.717, 1.165) is 25.7 Å². The molecule has 0 unspecified atom stereocenters. The Labute approximate surface area is 179 Å². The Morgan fingerprint density at radius 3 is 2.43 bits per heavy atom. The fourth-order valence-electron chi connectivity index (χ4n) is 5.74. The van der Waals surface area contributed by atoms with E-state index in [4.69, 9.17) is 4.74 Å². The zero-order chi connectivity index (χ0) is 21.8. The Hall–Kier alpha value is -1.89. The molecular weight excluding hydrogens is 382 g/mol. The number of hydrogen-bond acceptors (Lipinski definition) is 4. The summed E-state index contributed by atoms with van der Waals surface area (Å²) in [5.41, 5.74) is -1.51. The van der Waals surface area contributed by atoms with Gasteiger partial charge in [0.1, 0.15) is 11.6 Å². The molecule has 0 aromatic heterocycles. The van der Waals surface area contributed by atoms with Crippen LogP contribution >= 0.6 is 0 Å². The Morgan fingerprint density at radius 1 is 1.17 bits per heavy atom. The molecule has 3 amide bonds. The van der Waals surface area contributed by atoms with Gasteiger partial charge in [-0.15, -0.1) is 0 Å². The van der Waals surface area contributed by atoms with Crippen molar-refractivity contribution < 1.29 is 19.1 Å². The number of likely N-dealkylation sites (tertiary alicyclic amines) is 1. The van der Waals surface area contributed by atoms with Crippen LogP contribution in [0.5, 0.6) is 0 Å². The van der Waals surface area contributed by atoms with Crippen LogP contribution in [0.2, 0.25) is 0 Å². The van der Waals surface area contributed by atoms with Crippen LogP contribution in [0.4, 0.5) is 0 Å². The fraction of sp³-hybridized carbons (Fsp3) is 0.783. The molecule has 30 heavy (non-hydrogen) atoms. The predicted molar refractivity (Wildman–Crippen MR) is 112 cm³/mol. The van der Waals surface area contributed by atoms with E-state index >= 15 is 0 Å². The molecule has 7 heteroatoms. The van der Waals surface area contributed by atoms with E-state index in [1.807, 2.05) is 46.8 Å². The first-order chi connectivity index (χ1) is 14.0. The van der Waals surface area contributed by atoms with Crippen LogP contribution in [-0.2, 0) is 19.1 Å². The van der Waals surface area contributed by atoms with E-state index in [2.05, 4.69) is 10.6 Å². The maximum atomic E-state index is 13.6. The van der Waals surface area contributed by atoms with E-state index in [0.29, 0.717) is 0 Å². The second kappa shape index (κ2) is 7.36. The van der Waals surface area contributed by atoms with Gasteiger partial charge in [-0.2, -0.15) is 0 Å². The van der Waals surface area contributed by atoms with Crippen molar-refractivity contribution in [3.05, 3.63) is 12.2 Å². The average molecular weight is 418 g/mol. The summed E-state index contributed by atoms with van der Waals surface area (Å²) in [6.07, 6.45) is 8.70. The molecule has 2 saturated heterocycles. The first kappa shape index (κ1) is 21.3. The molecule has 3 aliphatic heterocycles. The van der Waals surface area contributed by atoms with Gasteiger partial charge in [0.2, 0.25) is 17.7 Å². The molecule has 3 fully saturated rings. The Kier molecular flexibility index (Phi) is 5.24. The van der Waals surface area contributed by atoms with Crippen molar-refractivity contribution >= 4 is 17.7 Å². The lowest BCUT2D eigenvalue weighted by molar-refractivity contribution is -0.144. The topological polar surface area (TPSA) is 87.7 Å². The molecule has 0 aromatic carbocycles. The van der Waals surface area contributed by atoms with Gasteiger partial charge >= 0.3 is 0 Å². The van der Waals surface area contributed by atoms with Crippen LogP contribution in [-0.4, -0.2) is 58.0 Å². The normalized spacial score (nSPS) is 35.8. The third-order valence-electron chi connectivity index (χ3n) is 6.87. The Balaban J connectivity index is 1.64. The number of nitrogens with zero attached hydrogens (tertiary/aromatic N) is 1. The SMILES string of the molecule is CC(C)N1C(=O)[C@@H]2[C@@H](C(=O)NC3CCCCC3)[C@H]3C=C[C@@]2(O3)[C@@H]1C(=O)NC(C)(C)C. The number of amides is 3. The lowest BCUT2D eigenvalue weighted by Gasteiger charge is -2.36. The number of nitrogens with one attached hydrogen (secondary N) is 2. The molecule has 2 N–H and O–H groups in total. The van der Waals surface area contributed by atoms with Crippen LogP contribution in [0.1, 0.15) is 66.7 Å². The van der Waals surface area contributed by atoms with Crippen LogP contribution in [0, 0.1) is 11.8 Å². The first-order valence-corrected chi connectivity index (χ1v) is 11.4. The lowest BCUT2D eigenvalue weighted by Crippen LogP contribution is -2.59. The van der Waals surface area contributed by atoms with Crippen molar-refractivity contribution in [2.45, 2.75) is 102 Å². The third kappa shape index (κ3) is 3.35. The third-order valence-corrected chi connectivity index (χ3v) is 6.87. The molecule has 1 spiro atoms. The maximum Gasteiger partial charge on any atom is 0.246 e. The van der Waals surface area contributed by atoms with Crippen molar-refractivity contribution in [1.82, 2.24) is 15.5 Å². The molecule has 5 atom stereocenters. The van der Waals surface area contributed by atoms with Gasteiger partial charge in [0.25, 0.3) is 0 Å². The number of carbonyl (C=O) groups excluding carboxylic acids is 3. The van der Waals surface area contributed by atoms with Gasteiger partial charge in [-0.1, -0.05) is 31.4 Å². The number of ether oxygens (including phenoxy) is 1. The van der Waals surface area contributed by atoms with E-state index in [-0.39, 0.29) is 29.8 Å². The molecule has 4 rings (SSSR count). The minimum Gasteiger partial charge on any atom is -0.359 e. The highest BCUT2D eigenvalue weighted by atomic mass is 16.5. The van der Waals surface area contributed by atoms with Crippen LogP contribution < -0.4 is 10.6 Å². The highest BCUT2D eigenvalue weighted by molar-refractivity contribution is 6.00. The minimum absolute atomic E-state index is 0.114. The molecule has 1 saturated carbocycles. The highest BCUT2D eigenvalue weighted by Crippen LogP contribution is 2.55. The quantitative estimate of drug-likeness (QED) is 0.684. The standard InChI is InChI=1S/C23H35N3O4/c1-13(2)26-18(20(28)25-22(3,4)5)23-12-11-15(30-23)16(17(23)21(26)29)19(27)24-14-9-7-6-8-10-14/h11-18H,6-10H2,1-5H3,(H,24,27)(H,25,28)/t15-,16+,17+,18+,23+/m1/s1. The molecule has 166 valence electrons. The van der Waals surface area contributed by atoms with Crippen molar-refractivity contribution in [2.24, 2.45) is 11.8 Å². The van der Waals surface area contributed by atoms with Crippen LogP contribution in [0.3, 0.4) is 0 Å². The van der Waals surface area contributed by atoms with Gasteiger partial charge in [0, 0.05) is 17.6 Å². The molecule has 7 nitrogen and oxygen atoms in total. The molecular formula is C23H35N3O4. The summed E-state index contributed by atoms with van der Waals surface area (Å²) in [6, 6.07) is -0.780. The molecule has 2 bridgehead atoms. The van der Waals surface area contributed by atoms with E-state index < -0.39 is 35.1 Å². The van der Waals surface area contributed by atoms with Crippen molar-refractivity contribution in [3.8, 4) is 0 Å².